The summed E-state index contributed by atoms with van der Waals surface area (Å²) >= 11 is 0. The first-order chi connectivity index (χ1) is 12.2. The van der Waals surface area contributed by atoms with Crippen molar-refractivity contribution in [3.05, 3.63) is 29.8 Å². The standard InChI is InChI=1S/C20H30N2O4/c1-20(2,3)26-19(24)22-11-9-15(10-12-22)14-21(4)18(23)16-7-6-8-17(13-16)25-5/h6-8,13,15H,9-12,14H2,1-5H3. The van der Waals surface area contributed by atoms with Crippen LogP contribution in [0.1, 0.15) is 44.0 Å². The van der Waals surface area contributed by atoms with Gasteiger partial charge in [0.05, 0.1) is 7.11 Å². The molecule has 1 aromatic carbocycles. The fourth-order valence-corrected chi connectivity index (χ4v) is 3.07. The van der Waals surface area contributed by atoms with Crippen LogP contribution in [0.3, 0.4) is 0 Å². The largest absolute Gasteiger partial charge is 0.497 e. The van der Waals surface area contributed by atoms with Gasteiger partial charge in [0.1, 0.15) is 11.4 Å². The first-order valence-electron chi connectivity index (χ1n) is 9.07. The van der Waals surface area contributed by atoms with Crippen molar-refractivity contribution in [1.29, 1.82) is 0 Å². The minimum atomic E-state index is -0.475. The van der Waals surface area contributed by atoms with Gasteiger partial charge < -0.3 is 19.3 Å². The second-order valence-corrected chi connectivity index (χ2v) is 7.83. The predicted molar refractivity (Wildman–Crippen MR) is 100 cm³/mol. The van der Waals surface area contributed by atoms with Gasteiger partial charge in [0, 0.05) is 32.2 Å². The van der Waals surface area contributed by atoms with E-state index in [2.05, 4.69) is 0 Å². The lowest BCUT2D eigenvalue weighted by molar-refractivity contribution is 0.0171. The van der Waals surface area contributed by atoms with Gasteiger partial charge in [0.2, 0.25) is 0 Å². The topological polar surface area (TPSA) is 59.1 Å². The van der Waals surface area contributed by atoms with Gasteiger partial charge in [-0.25, -0.2) is 4.79 Å². The first-order valence-corrected chi connectivity index (χ1v) is 9.07. The SMILES string of the molecule is COc1cccc(C(=O)N(C)CC2CCN(C(=O)OC(C)(C)C)CC2)c1. The van der Waals surface area contributed by atoms with Gasteiger partial charge in [0.15, 0.2) is 0 Å². The Balaban J connectivity index is 1.84. The van der Waals surface area contributed by atoms with E-state index in [4.69, 9.17) is 9.47 Å². The van der Waals surface area contributed by atoms with Gasteiger partial charge in [-0.1, -0.05) is 6.07 Å². The minimum absolute atomic E-state index is 0.0153. The van der Waals surface area contributed by atoms with Crippen molar-refractivity contribution in [2.45, 2.75) is 39.2 Å². The molecule has 0 unspecified atom stereocenters. The molecule has 0 atom stereocenters. The highest BCUT2D eigenvalue weighted by atomic mass is 16.6. The van der Waals surface area contributed by atoms with E-state index in [9.17, 15) is 9.59 Å². The zero-order chi connectivity index (χ0) is 19.3. The number of methoxy groups -OCH3 is 1. The van der Waals surface area contributed by atoms with Crippen LogP contribution in [-0.4, -0.2) is 61.2 Å². The number of ether oxygens (including phenoxy) is 2. The normalized spacial score (nSPS) is 15.5. The van der Waals surface area contributed by atoms with E-state index >= 15 is 0 Å². The monoisotopic (exact) mass is 362 g/mol. The van der Waals surface area contributed by atoms with E-state index in [1.54, 1.807) is 29.0 Å². The Morgan fingerprint density at radius 1 is 1.23 bits per heavy atom. The second kappa shape index (κ2) is 8.43. The molecule has 1 aromatic rings. The van der Waals surface area contributed by atoms with Crippen LogP contribution in [0.4, 0.5) is 4.79 Å². The molecule has 0 radical (unpaired) electrons. The number of carbonyl (C=O) groups is 2. The quantitative estimate of drug-likeness (QED) is 0.823. The summed E-state index contributed by atoms with van der Waals surface area (Å²) in [5.74, 6) is 1.04. The third-order valence-corrected chi connectivity index (χ3v) is 4.46. The van der Waals surface area contributed by atoms with Crippen LogP contribution in [0, 0.1) is 5.92 Å². The number of piperidine rings is 1. The van der Waals surface area contributed by atoms with Crippen molar-refractivity contribution in [1.82, 2.24) is 9.80 Å². The number of hydrogen-bond donors (Lipinski definition) is 0. The molecular weight excluding hydrogens is 332 g/mol. The number of rotatable bonds is 4. The predicted octanol–water partition coefficient (Wildman–Crippen LogP) is 3.41. The van der Waals surface area contributed by atoms with Crippen molar-refractivity contribution >= 4 is 12.0 Å². The molecule has 1 aliphatic rings. The van der Waals surface area contributed by atoms with Gasteiger partial charge in [-0.3, -0.25) is 4.79 Å². The van der Waals surface area contributed by atoms with Crippen LogP contribution < -0.4 is 4.74 Å². The molecule has 6 nitrogen and oxygen atoms in total. The number of carbonyl (C=O) groups excluding carboxylic acids is 2. The first kappa shape index (κ1) is 20.1. The lowest BCUT2D eigenvalue weighted by Gasteiger charge is -2.34. The number of hydrogen-bond acceptors (Lipinski definition) is 4. The molecule has 0 bridgehead atoms. The van der Waals surface area contributed by atoms with Crippen LogP contribution in [0.2, 0.25) is 0 Å². The molecule has 2 rings (SSSR count). The lowest BCUT2D eigenvalue weighted by atomic mass is 9.96. The highest BCUT2D eigenvalue weighted by molar-refractivity contribution is 5.94. The van der Waals surface area contributed by atoms with Gasteiger partial charge in [-0.15, -0.1) is 0 Å². The van der Waals surface area contributed by atoms with E-state index in [0.717, 1.165) is 12.8 Å². The Kier molecular flexibility index (Phi) is 6.51. The molecule has 0 N–H and O–H groups in total. The fraction of sp³-hybridized carbons (Fsp3) is 0.600. The highest BCUT2D eigenvalue weighted by Gasteiger charge is 2.28. The third-order valence-electron chi connectivity index (χ3n) is 4.46. The summed E-state index contributed by atoms with van der Waals surface area (Å²) in [6.07, 6.45) is 1.49. The molecule has 0 aliphatic carbocycles. The molecule has 0 saturated carbocycles. The maximum atomic E-state index is 12.6. The summed E-state index contributed by atoms with van der Waals surface area (Å²) in [5, 5.41) is 0. The third kappa shape index (κ3) is 5.64. The summed E-state index contributed by atoms with van der Waals surface area (Å²) < 4.78 is 10.6. The Bertz CT molecular complexity index is 631. The molecular formula is C20H30N2O4. The maximum absolute atomic E-state index is 12.6. The Morgan fingerprint density at radius 3 is 2.46 bits per heavy atom. The zero-order valence-electron chi connectivity index (χ0n) is 16.4. The molecule has 1 saturated heterocycles. The van der Waals surface area contributed by atoms with Crippen molar-refractivity contribution in [2.75, 3.05) is 33.8 Å². The minimum Gasteiger partial charge on any atom is -0.497 e. The molecule has 0 aromatic heterocycles. The molecule has 2 amide bonds. The molecule has 1 heterocycles. The summed E-state index contributed by atoms with van der Waals surface area (Å²) in [5.41, 5.74) is 0.148. The molecule has 1 fully saturated rings. The smallest absolute Gasteiger partial charge is 0.410 e. The molecule has 6 heteroatoms. The van der Waals surface area contributed by atoms with Crippen molar-refractivity contribution < 1.29 is 19.1 Å². The van der Waals surface area contributed by atoms with Crippen LogP contribution >= 0.6 is 0 Å². The van der Waals surface area contributed by atoms with E-state index in [1.807, 2.05) is 40.0 Å². The van der Waals surface area contributed by atoms with Crippen LogP contribution in [0.15, 0.2) is 24.3 Å². The molecule has 1 aliphatic heterocycles. The molecule has 144 valence electrons. The molecule has 26 heavy (non-hydrogen) atoms. The number of nitrogens with zero attached hydrogens (tertiary/aromatic N) is 2. The zero-order valence-corrected chi connectivity index (χ0v) is 16.4. The fourth-order valence-electron chi connectivity index (χ4n) is 3.07. The van der Waals surface area contributed by atoms with Crippen molar-refractivity contribution in [2.24, 2.45) is 5.92 Å². The number of likely N-dealkylation sites (tertiary alicyclic amines) is 1. The van der Waals surface area contributed by atoms with Gasteiger partial charge in [-0.05, 0) is 57.7 Å². The summed E-state index contributed by atoms with van der Waals surface area (Å²) in [7, 11) is 3.41. The summed E-state index contributed by atoms with van der Waals surface area (Å²) in [4.78, 5) is 28.2. The number of benzene rings is 1. The second-order valence-electron chi connectivity index (χ2n) is 7.83. The van der Waals surface area contributed by atoms with Gasteiger partial charge >= 0.3 is 6.09 Å². The maximum Gasteiger partial charge on any atom is 0.410 e. The Labute approximate surface area is 156 Å². The Morgan fingerprint density at radius 2 is 1.88 bits per heavy atom. The van der Waals surface area contributed by atoms with E-state index in [0.29, 0.717) is 36.9 Å². The van der Waals surface area contributed by atoms with Crippen molar-refractivity contribution in [3.63, 3.8) is 0 Å². The number of amides is 2. The summed E-state index contributed by atoms with van der Waals surface area (Å²) in [6, 6.07) is 7.19. The summed E-state index contributed by atoms with van der Waals surface area (Å²) in [6.45, 7) is 7.63. The average molecular weight is 362 g/mol. The van der Waals surface area contributed by atoms with E-state index in [-0.39, 0.29) is 12.0 Å². The molecule has 0 spiro atoms. The highest BCUT2D eigenvalue weighted by Crippen LogP contribution is 2.21. The van der Waals surface area contributed by atoms with Gasteiger partial charge in [0.25, 0.3) is 5.91 Å². The lowest BCUT2D eigenvalue weighted by Crippen LogP contribution is -2.44. The van der Waals surface area contributed by atoms with Crippen LogP contribution in [0.5, 0.6) is 5.75 Å². The van der Waals surface area contributed by atoms with E-state index in [1.165, 1.54) is 0 Å². The van der Waals surface area contributed by atoms with E-state index < -0.39 is 5.60 Å². The van der Waals surface area contributed by atoms with Crippen LogP contribution in [0.25, 0.3) is 0 Å². The van der Waals surface area contributed by atoms with Gasteiger partial charge in [-0.2, -0.15) is 0 Å². The van der Waals surface area contributed by atoms with Crippen molar-refractivity contribution in [3.8, 4) is 5.75 Å². The average Bonchev–Trinajstić information content (AvgIpc) is 2.60. The van der Waals surface area contributed by atoms with Crippen LogP contribution in [-0.2, 0) is 4.74 Å². The Hall–Kier alpha value is -2.24.